The molecule has 0 fully saturated rings. The van der Waals surface area contributed by atoms with Gasteiger partial charge in [-0.2, -0.15) is 0 Å². The lowest BCUT2D eigenvalue weighted by atomic mass is 10.4. The first-order valence-electron chi connectivity index (χ1n) is 2.29. The molecule has 0 aliphatic heterocycles. The summed E-state index contributed by atoms with van der Waals surface area (Å²) in [4.78, 5) is 10.2. The summed E-state index contributed by atoms with van der Waals surface area (Å²) in [6, 6.07) is 0. The number of halogens is 1. The predicted octanol–water partition coefficient (Wildman–Crippen LogP) is 0.223. The summed E-state index contributed by atoms with van der Waals surface area (Å²) in [7, 11) is 0. The lowest BCUT2D eigenvalue weighted by Crippen LogP contribution is -2.01. The summed E-state index contributed by atoms with van der Waals surface area (Å²) in [5.41, 5.74) is -0.142. The molecule has 6 heteroatoms. The van der Waals surface area contributed by atoms with E-state index in [2.05, 4.69) is 15.4 Å². The molecule has 0 radical (unpaired) electrons. The van der Waals surface area contributed by atoms with Gasteiger partial charge in [0.15, 0.2) is 5.15 Å². The van der Waals surface area contributed by atoms with Crippen LogP contribution in [-0.4, -0.2) is 26.5 Å². The van der Waals surface area contributed by atoms with Gasteiger partial charge >= 0.3 is 5.97 Å². The third-order valence-corrected chi connectivity index (χ3v) is 1.10. The van der Waals surface area contributed by atoms with Crippen molar-refractivity contribution in [1.82, 2.24) is 15.4 Å². The van der Waals surface area contributed by atoms with Crippen LogP contribution in [0, 0.1) is 0 Å². The van der Waals surface area contributed by atoms with Crippen LogP contribution in [0.15, 0.2) is 6.20 Å². The third kappa shape index (κ3) is 1.19. The van der Waals surface area contributed by atoms with Crippen molar-refractivity contribution >= 4 is 17.6 Å². The van der Waals surface area contributed by atoms with Crippen molar-refractivity contribution in [2.45, 2.75) is 0 Å². The van der Waals surface area contributed by atoms with Crippen molar-refractivity contribution in [1.29, 1.82) is 0 Å². The molecule has 1 rings (SSSR count). The van der Waals surface area contributed by atoms with Crippen LogP contribution in [0.25, 0.3) is 0 Å². The lowest BCUT2D eigenvalue weighted by Gasteiger charge is -1.90. The molecule has 0 aromatic carbocycles. The third-order valence-electron chi connectivity index (χ3n) is 0.824. The second kappa shape index (κ2) is 2.57. The van der Waals surface area contributed by atoms with Gasteiger partial charge in [-0.05, 0) is 5.21 Å². The van der Waals surface area contributed by atoms with E-state index in [9.17, 15) is 4.79 Å². The Balaban J connectivity index is 3.15. The zero-order chi connectivity index (χ0) is 7.56. The molecule has 0 amide bonds. The van der Waals surface area contributed by atoms with Crippen LogP contribution >= 0.6 is 11.6 Å². The van der Waals surface area contributed by atoms with Crippen molar-refractivity contribution < 1.29 is 9.90 Å². The molecule has 5 nitrogen and oxygen atoms in total. The summed E-state index contributed by atoms with van der Waals surface area (Å²) < 4.78 is 0. The van der Waals surface area contributed by atoms with Gasteiger partial charge in [-0.15, -0.1) is 10.2 Å². The van der Waals surface area contributed by atoms with Gasteiger partial charge in [0.2, 0.25) is 0 Å². The van der Waals surface area contributed by atoms with E-state index < -0.39 is 5.97 Å². The van der Waals surface area contributed by atoms with E-state index in [0.29, 0.717) is 0 Å². The van der Waals surface area contributed by atoms with E-state index in [1.165, 1.54) is 0 Å². The number of hydrogen-bond acceptors (Lipinski definition) is 4. The summed E-state index contributed by atoms with van der Waals surface area (Å²) in [5.74, 6) is -1.16. The van der Waals surface area contributed by atoms with Gasteiger partial charge in [-0.1, -0.05) is 11.6 Å². The number of carboxylic acids is 1. The quantitative estimate of drug-likeness (QED) is 0.635. The molecule has 0 atom stereocenters. The summed E-state index contributed by atoms with van der Waals surface area (Å²) in [6.07, 6.45) is 1.04. The Morgan fingerprint density at radius 1 is 1.70 bits per heavy atom. The molecular weight excluding hydrogens is 158 g/mol. The Bertz CT molecular complexity index is 264. The fourth-order valence-corrected chi connectivity index (χ4v) is 0.563. The fourth-order valence-electron chi connectivity index (χ4n) is 0.399. The van der Waals surface area contributed by atoms with E-state index in [0.717, 1.165) is 6.20 Å². The number of rotatable bonds is 1. The zero-order valence-corrected chi connectivity index (χ0v) is 5.41. The number of hydrogen-bond donors (Lipinski definition) is 1. The maximum atomic E-state index is 10.2. The van der Waals surface area contributed by atoms with Gasteiger partial charge < -0.3 is 5.11 Å². The summed E-state index contributed by atoms with van der Waals surface area (Å²) in [6.45, 7) is 0. The fraction of sp³-hybridized carbons (Fsp3) is 0. The molecule has 1 N–H and O–H groups in total. The van der Waals surface area contributed by atoms with Crippen molar-refractivity contribution in [2.75, 3.05) is 0 Å². The first-order chi connectivity index (χ1) is 4.72. The van der Waals surface area contributed by atoms with Crippen molar-refractivity contribution in [3.05, 3.63) is 16.9 Å². The summed E-state index contributed by atoms with van der Waals surface area (Å²) >= 11 is 5.32. The predicted molar refractivity (Wildman–Crippen MR) is 31.8 cm³/mol. The Labute approximate surface area is 60.7 Å². The first-order valence-corrected chi connectivity index (χ1v) is 2.67. The molecule has 0 unspecified atom stereocenters. The van der Waals surface area contributed by atoms with Crippen molar-refractivity contribution in [3.63, 3.8) is 0 Å². The van der Waals surface area contributed by atoms with Gasteiger partial charge in [0.05, 0.1) is 6.20 Å². The normalized spacial score (nSPS) is 9.30. The highest BCUT2D eigenvalue weighted by Gasteiger charge is 2.08. The van der Waals surface area contributed by atoms with E-state index in [1.807, 2.05) is 0 Å². The van der Waals surface area contributed by atoms with Crippen LogP contribution in [-0.2, 0) is 0 Å². The van der Waals surface area contributed by atoms with Gasteiger partial charge in [-0.25, -0.2) is 4.79 Å². The van der Waals surface area contributed by atoms with Crippen LogP contribution in [0.2, 0.25) is 5.15 Å². The highest BCUT2D eigenvalue weighted by atomic mass is 35.5. The Morgan fingerprint density at radius 2 is 2.40 bits per heavy atom. The van der Waals surface area contributed by atoms with Gasteiger partial charge in [0.1, 0.15) is 5.56 Å². The van der Waals surface area contributed by atoms with Crippen LogP contribution < -0.4 is 0 Å². The van der Waals surface area contributed by atoms with E-state index in [1.54, 1.807) is 0 Å². The Morgan fingerprint density at radius 3 is 2.80 bits per heavy atom. The monoisotopic (exact) mass is 159 g/mol. The van der Waals surface area contributed by atoms with Crippen LogP contribution in [0.4, 0.5) is 0 Å². The highest BCUT2D eigenvalue weighted by Crippen LogP contribution is 2.07. The lowest BCUT2D eigenvalue weighted by molar-refractivity contribution is 0.0695. The van der Waals surface area contributed by atoms with E-state index >= 15 is 0 Å². The van der Waals surface area contributed by atoms with Crippen LogP contribution in [0.5, 0.6) is 0 Å². The topological polar surface area (TPSA) is 76.0 Å². The maximum absolute atomic E-state index is 10.2. The minimum absolute atomic E-state index is 0.142. The van der Waals surface area contributed by atoms with Gasteiger partial charge in [0.25, 0.3) is 0 Å². The maximum Gasteiger partial charge on any atom is 0.340 e. The van der Waals surface area contributed by atoms with E-state index in [4.69, 9.17) is 16.7 Å². The second-order valence-electron chi connectivity index (χ2n) is 1.44. The molecule has 10 heavy (non-hydrogen) atoms. The number of aromatic carboxylic acids is 1. The molecule has 0 saturated carbocycles. The molecule has 0 bridgehead atoms. The molecule has 1 aromatic rings. The molecule has 0 aliphatic rings. The van der Waals surface area contributed by atoms with Crippen LogP contribution in [0.1, 0.15) is 10.4 Å². The average Bonchev–Trinajstić information content (AvgIpc) is 1.88. The van der Waals surface area contributed by atoms with Crippen molar-refractivity contribution in [2.24, 2.45) is 0 Å². The number of carbonyl (C=O) groups is 1. The highest BCUT2D eigenvalue weighted by molar-refractivity contribution is 6.32. The Kier molecular flexibility index (Phi) is 1.77. The number of aromatic nitrogens is 3. The minimum Gasteiger partial charge on any atom is -0.478 e. The molecule has 1 heterocycles. The molecule has 0 saturated heterocycles. The smallest absolute Gasteiger partial charge is 0.340 e. The van der Waals surface area contributed by atoms with E-state index in [-0.39, 0.29) is 10.7 Å². The number of carboxylic acid groups (broad SMARTS) is 1. The standard InChI is InChI=1S/C4H2ClN3O2/c5-3-2(4(9)10)1-6-8-7-3/h1H,(H,9,10). The molecule has 1 aromatic heterocycles. The number of nitrogens with zero attached hydrogens (tertiary/aromatic N) is 3. The molecule has 0 aliphatic carbocycles. The van der Waals surface area contributed by atoms with Crippen molar-refractivity contribution in [3.8, 4) is 0 Å². The van der Waals surface area contributed by atoms with Crippen LogP contribution in [0.3, 0.4) is 0 Å². The molecule has 0 spiro atoms. The first kappa shape index (κ1) is 6.88. The van der Waals surface area contributed by atoms with Gasteiger partial charge in [0, 0.05) is 0 Å². The Hall–Kier alpha value is -1.23. The van der Waals surface area contributed by atoms with Gasteiger partial charge in [-0.3, -0.25) is 0 Å². The second-order valence-corrected chi connectivity index (χ2v) is 1.80. The largest absolute Gasteiger partial charge is 0.478 e. The summed E-state index contributed by atoms with van der Waals surface area (Å²) in [5, 5.41) is 17.8. The minimum atomic E-state index is -1.16. The SMILES string of the molecule is O=C(O)c1cnnnc1Cl. The molecular formula is C4H2ClN3O2. The molecule has 52 valence electrons. The average molecular weight is 160 g/mol. The zero-order valence-electron chi connectivity index (χ0n) is 4.65.